The molecule has 0 radical (unpaired) electrons. The van der Waals surface area contributed by atoms with Gasteiger partial charge in [0, 0.05) is 32.2 Å². The van der Waals surface area contributed by atoms with Crippen molar-refractivity contribution in [3.63, 3.8) is 0 Å². The van der Waals surface area contributed by atoms with E-state index in [0.717, 1.165) is 25.0 Å². The van der Waals surface area contributed by atoms with E-state index in [-0.39, 0.29) is 29.4 Å². The van der Waals surface area contributed by atoms with E-state index in [4.69, 9.17) is 4.74 Å². The van der Waals surface area contributed by atoms with Gasteiger partial charge < -0.3 is 15.4 Å². The average Bonchev–Trinajstić information content (AvgIpc) is 2.51. The lowest BCUT2D eigenvalue weighted by atomic mass is 9.78. The summed E-state index contributed by atoms with van der Waals surface area (Å²) in [4.78, 5) is 4.43. The van der Waals surface area contributed by atoms with Crippen LogP contribution in [0, 0.1) is 17.3 Å². The first-order valence-corrected chi connectivity index (χ1v) is 9.49. The molecule has 1 aliphatic heterocycles. The van der Waals surface area contributed by atoms with Crippen LogP contribution in [0.1, 0.15) is 66.2 Å². The Morgan fingerprint density at radius 3 is 2.54 bits per heavy atom. The van der Waals surface area contributed by atoms with Crippen LogP contribution in [0.15, 0.2) is 4.99 Å². The molecule has 0 aromatic carbocycles. The van der Waals surface area contributed by atoms with Gasteiger partial charge in [-0.3, -0.25) is 4.99 Å². The molecule has 2 aliphatic rings. The Kier molecular flexibility index (Phi) is 9.34. The second-order valence-electron chi connectivity index (χ2n) is 8.63. The summed E-state index contributed by atoms with van der Waals surface area (Å²) in [6, 6.07) is 0.575. The number of aliphatic imine (C=N–C) groups is 1. The highest BCUT2D eigenvalue weighted by molar-refractivity contribution is 14.0. The smallest absolute Gasteiger partial charge is 0.191 e. The van der Waals surface area contributed by atoms with Gasteiger partial charge in [-0.1, -0.05) is 40.5 Å². The molecule has 2 fully saturated rings. The van der Waals surface area contributed by atoms with E-state index in [9.17, 15) is 0 Å². The van der Waals surface area contributed by atoms with Crippen molar-refractivity contribution in [2.45, 2.75) is 78.4 Å². The summed E-state index contributed by atoms with van der Waals surface area (Å²) >= 11 is 0. The molecule has 24 heavy (non-hydrogen) atoms. The molecule has 1 heterocycles. The van der Waals surface area contributed by atoms with Crippen molar-refractivity contribution in [2.75, 3.05) is 20.2 Å². The van der Waals surface area contributed by atoms with E-state index in [0.29, 0.717) is 18.1 Å². The fourth-order valence-electron chi connectivity index (χ4n) is 4.19. The van der Waals surface area contributed by atoms with Crippen molar-refractivity contribution in [3.8, 4) is 0 Å². The predicted molar refractivity (Wildman–Crippen MR) is 113 cm³/mol. The highest BCUT2D eigenvalue weighted by atomic mass is 127. The van der Waals surface area contributed by atoms with E-state index >= 15 is 0 Å². The largest absolute Gasteiger partial charge is 0.377 e. The van der Waals surface area contributed by atoms with E-state index in [1.807, 2.05) is 7.05 Å². The fourth-order valence-corrected chi connectivity index (χ4v) is 4.19. The molecular weight excluding hydrogens is 413 g/mol. The summed E-state index contributed by atoms with van der Waals surface area (Å²) in [5.74, 6) is 2.35. The number of halogens is 1. The average molecular weight is 451 g/mol. The Labute approximate surface area is 166 Å². The maximum atomic E-state index is 6.08. The van der Waals surface area contributed by atoms with Gasteiger partial charge in [0.1, 0.15) is 0 Å². The molecule has 2 N–H and O–H groups in total. The van der Waals surface area contributed by atoms with Gasteiger partial charge in [-0.15, -0.1) is 24.0 Å². The zero-order valence-electron chi connectivity index (χ0n) is 16.2. The number of hydrogen-bond acceptors (Lipinski definition) is 2. The van der Waals surface area contributed by atoms with E-state index < -0.39 is 0 Å². The normalized spacial score (nSPS) is 32.0. The minimum absolute atomic E-state index is 0. The van der Waals surface area contributed by atoms with Crippen molar-refractivity contribution >= 4 is 29.9 Å². The van der Waals surface area contributed by atoms with Crippen LogP contribution < -0.4 is 10.6 Å². The van der Waals surface area contributed by atoms with Crippen molar-refractivity contribution < 1.29 is 4.74 Å². The van der Waals surface area contributed by atoms with Crippen LogP contribution >= 0.6 is 24.0 Å². The summed E-state index contributed by atoms with van der Waals surface area (Å²) in [5.41, 5.74) is 0.197. The lowest BCUT2D eigenvalue weighted by Crippen LogP contribution is -2.49. The number of guanidine groups is 1. The maximum Gasteiger partial charge on any atom is 0.191 e. The minimum atomic E-state index is 0. The third-order valence-electron chi connectivity index (χ3n) is 5.33. The van der Waals surface area contributed by atoms with Gasteiger partial charge >= 0.3 is 0 Å². The first kappa shape index (κ1) is 22.0. The molecule has 1 saturated carbocycles. The second-order valence-corrected chi connectivity index (χ2v) is 8.63. The van der Waals surface area contributed by atoms with Gasteiger partial charge in [0.15, 0.2) is 5.96 Å². The van der Waals surface area contributed by atoms with Crippen LogP contribution in [0.25, 0.3) is 0 Å². The SMILES string of the molecule is CN=C(NCC1CCCOC1C(C)(C)C)NC1CCCC(C)C1.I. The first-order valence-electron chi connectivity index (χ1n) is 9.49. The Morgan fingerprint density at radius 1 is 1.17 bits per heavy atom. The highest BCUT2D eigenvalue weighted by Crippen LogP contribution is 2.33. The molecule has 0 aromatic rings. The lowest BCUT2D eigenvalue weighted by Gasteiger charge is -2.40. The fraction of sp³-hybridized carbons (Fsp3) is 0.947. The molecule has 0 bridgehead atoms. The van der Waals surface area contributed by atoms with E-state index in [1.54, 1.807) is 0 Å². The Balaban J connectivity index is 0.00000288. The van der Waals surface area contributed by atoms with Crippen LogP contribution in [0.5, 0.6) is 0 Å². The van der Waals surface area contributed by atoms with Crippen molar-refractivity contribution in [2.24, 2.45) is 22.2 Å². The summed E-state index contributed by atoms with van der Waals surface area (Å²) in [6.07, 6.45) is 7.98. The van der Waals surface area contributed by atoms with E-state index in [1.165, 1.54) is 38.5 Å². The number of nitrogens with one attached hydrogen (secondary N) is 2. The monoisotopic (exact) mass is 451 g/mol. The second kappa shape index (κ2) is 10.2. The van der Waals surface area contributed by atoms with Gasteiger partial charge in [-0.2, -0.15) is 0 Å². The zero-order valence-corrected chi connectivity index (χ0v) is 18.6. The predicted octanol–water partition coefficient (Wildman–Crippen LogP) is 4.19. The number of rotatable bonds is 3. The zero-order chi connectivity index (χ0) is 16.9. The van der Waals surface area contributed by atoms with Gasteiger partial charge in [-0.25, -0.2) is 0 Å². The third kappa shape index (κ3) is 6.70. The lowest BCUT2D eigenvalue weighted by molar-refractivity contribution is -0.0835. The first-order chi connectivity index (χ1) is 10.9. The van der Waals surface area contributed by atoms with Gasteiger partial charge in [-0.05, 0) is 37.0 Å². The molecular formula is C19H38IN3O. The van der Waals surface area contributed by atoms with Crippen LogP contribution in [0.2, 0.25) is 0 Å². The van der Waals surface area contributed by atoms with Crippen LogP contribution in [0.3, 0.4) is 0 Å². The maximum absolute atomic E-state index is 6.08. The molecule has 4 atom stereocenters. The molecule has 2 rings (SSSR count). The molecule has 0 amide bonds. The van der Waals surface area contributed by atoms with Crippen molar-refractivity contribution in [1.82, 2.24) is 10.6 Å². The summed E-state index contributed by atoms with van der Waals surface area (Å²) in [7, 11) is 1.88. The van der Waals surface area contributed by atoms with Crippen molar-refractivity contribution in [1.29, 1.82) is 0 Å². The minimum Gasteiger partial charge on any atom is -0.377 e. The summed E-state index contributed by atoms with van der Waals surface area (Å²) in [6.45, 7) is 11.1. The molecule has 142 valence electrons. The third-order valence-corrected chi connectivity index (χ3v) is 5.33. The van der Waals surface area contributed by atoms with Crippen LogP contribution in [-0.2, 0) is 4.74 Å². The molecule has 1 saturated heterocycles. The van der Waals surface area contributed by atoms with Gasteiger partial charge in [0.25, 0.3) is 0 Å². The highest BCUT2D eigenvalue weighted by Gasteiger charge is 2.35. The quantitative estimate of drug-likeness (QED) is 0.384. The number of ether oxygens (including phenoxy) is 1. The Bertz CT molecular complexity index is 395. The van der Waals surface area contributed by atoms with Gasteiger partial charge in [0.2, 0.25) is 0 Å². The Morgan fingerprint density at radius 2 is 1.92 bits per heavy atom. The number of nitrogens with zero attached hydrogens (tertiary/aromatic N) is 1. The molecule has 5 heteroatoms. The molecule has 4 unspecified atom stereocenters. The molecule has 0 spiro atoms. The molecule has 4 nitrogen and oxygen atoms in total. The molecule has 1 aliphatic carbocycles. The van der Waals surface area contributed by atoms with E-state index in [2.05, 4.69) is 43.3 Å². The van der Waals surface area contributed by atoms with Crippen molar-refractivity contribution in [3.05, 3.63) is 0 Å². The van der Waals surface area contributed by atoms with Crippen LogP contribution in [-0.4, -0.2) is 38.3 Å². The molecule has 0 aromatic heterocycles. The van der Waals surface area contributed by atoms with Crippen LogP contribution in [0.4, 0.5) is 0 Å². The standard InChI is InChI=1S/C19H37N3O.HI/c1-14-8-6-10-16(12-14)22-18(20-5)21-13-15-9-7-11-23-17(15)19(2,3)4;/h14-17H,6-13H2,1-5H3,(H2,20,21,22);1H. The topological polar surface area (TPSA) is 45.7 Å². The Hall–Kier alpha value is -0.0400. The summed E-state index contributed by atoms with van der Waals surface area (Å²) < 4.78 is 6.08. The number of hydrogen-bond donors (Lipinski definition) is 2. The van der Waals surface area contributed by atoms with Gasteiger partial charge in [0.05, 0.1) is 6.10 Å². The summed E-state index contributed by atoms with van der Waals surface area (Å²) in [5, 5.41) is 7.19.